The number of nitrogens with one attached hydrogen (secondary N) is 1. The van der Waals surface area contributed by atoms with Gasteiger partial charge in [-0.2, -0.15) is 0 Å². The van der Waals surface area contributed by atoms with Crippen LogP contribution in [0.5, 0.6) is 0 Å². The molecule has 1 saturated carbocycles. The Hall–Kier alpha value is -0.240. The second-order valence-corrected chi connectivity index (χ2v) is 6.14. The minimum atomic E-state index is 0.300. The maximum atomic E-state index is 6.30. The fourth-order valence-corrected chi connectivity index (χ4v) is 3.52. The molecule has 2 fully saturated rings. The zero-order valence-corrected chi connectivity index (χ0v) is 11.3. The van der Waals surface area contributed by atoms with Crippen molar-refractivity contribution in [2.75, 3.05) is 6.54 Å². The van der Waals surface area contributed by atoms with Gasteiger partial charge < -0.3 is 5.32 Å². The van der Waals surface area contributed by atoms with Gasteiger partial charge in [0.1, 0.15) is 0 Å². The summed E-state index contributed by atoms with van der Waals surface area (Å²) in [6.07, 6.45) is 6.32. The Morgan fingerprint density at radius 1 is 1.29 bits per heavy atom. The first-order valence-corrected chi connectivity index (χ1v) is 7.15. The third kappa shape index (κ3) is 2.21. The molecule has 0 amide bonds. The lowest BCUT2D eigenvalue weighted by Crippen LogP contribution is -2.44. The van der Waals surface area contributed by atoms with Gasteiger partial charge in [0.15, 0.2) is 0 Å². The van der Waals surface area contributed by atoms with Crippen molar-refractivity contribution < 1.29 is 0 Å². The number of benzene rings is 1. The molecule has 0 aromatic heterocycles. The fraction of sp³-hybridized carbons (Fsp3) is 0.571. The number of hydrogen-bond donors (Lipinski definition) is 1. The lowest BCUT2D eigenvalue weighted by atomic mass is 9.84. The van der Waals surface area contributed by atoms with Gasteiger partial charge in [0.05, 0.1) is 10.0 Å². The average Bonchev–Trinajstić information content (AvgIpc) is 3.08. The smallest absolute Gasteiger partial charge is 0.0624 e. The van der Waals surface area contributed by atoms with E-state index >= 15 is 0 Å². The Morgan fingerprint density at radius 3 is 2.76 bits per heavy atom. The second kappa shape index (κ2) is 4.46. The van der Waals surface area contributed by atoms with E-state index in [0.717, 1.165) is 23.9 Å². The van der Waals surface area contributed by atoms with Crippen LogP contribution in [-0.4, -0.2) is 12.1 Å². The van der Waals surface area contributed by atoms with E-state index in [2.05, 4.69) is 11.4 Å². The summed E-state index contributed by atoms with van der Waals surface area (Å²) in [5.74, 6) is 0.847. The van der Waals surface area contributed by atoms with Crippen molar-refractivity contribution in [2.24, 2.45) is 5.92 Å². The molecule has 1 saturated heterocycles. The summed E-state index contributed by atoms with van der Waals surface area (Å²) in [4.78, 5) is 0. The van der Waals surface area contributed by atoms with Gasteiger partial charge in [-0.05, 0) is 56.2 Å². The van der Waals surface area contributed by atoms with Crippen molar-refractivity contribution in [1.29, 1.82) is 0 Å². The standard InChI is InChI=1S/C14H17Cl2N/c15-12-4-1-3-10(13(12)16)9-14(11-5-6-11)7-2-8-17-14/h1,3-4,11,17H,2,5-9H2. The summed E-state index contributed by atoms with van der Waals surface area (Å²) < 4.78 is 0. The molecule has 1 unspecified atom stereocenters. The van der Waals surface area contributed by atoms with E-state index in [0.29, 0.717) is 10.6 Å². The van der Waals surface area contributed by atoms with E-state index in [1.807, 2.05) is 12.1 Å². The van der Waals surface area contributed by atoms with Gasteiger partial charge >= 0.3 is 0 Å². The highest BCUT2D eigenvalue weighted by Crippen LogP contribution is 2.46. The molecular formula is C14H17Cl2N. The van der Waals surface area contributed by atoms with Gasteiger partial charge in [-0.3, -0.25) is 0 Å². The van der Waals surface area contributed by atoms with Gasteiger partial charge in [-0.1, -0.05) is 35.3 Å². The normalized spacial score (nSPS) is 28.6. The van der Waals surface area contributed by atoms with Crippen LogP contribution >= 0.6 is 23.2 Å². The quantitative estimate of drug-likeness (QED) is 0.873. The first-order valence-electron chi connectivity index (χ1n) is 6.39. The Kier molecular flexibility index (Phi) is 3.10. The predicted molar refractivity (Wildman–Crippen MR) is 72.9 cm³/mol. The van der Waals surface area contributed by atoms with Crippen LogP contribution in [0.1, 0.15) is 31.2 Å². The molecule has 1 aromatic rings. The monoisotopic (exact) mass is 269 g/mol. The molecule has 1 aliphatic heterocycles. The minimum absolute atomic E-state index is 0.300. The summed E-state index contributed by atoms with van der Waals surface area (Å²) in [6, 6.07) is 5.97. The van der Waals surface area contributed by atoms with Crippen molar-refractivity contribution in [3.8, 4) is 0 Å². The second-order valence-electron chi connectivity index (χ2n) is 5.35. The molecular weight excluding hydrogens is 253 g/mol. The lowest BCUT2D eigenvalue weighted by molar-refractivity contribution is 0.323. The molecule has 1 aliphatic carbocycles. The molecule has 1 aromatic carbocycles. The zero-order chi connectivity index (χ0) is 11.9. The van der Waals surface area contributed by atoms with E-state index in [4.69, 9.17) is 23.2 Å². The summed E-state index contributed by atoms with van der Waals surface area (Å²) in [5.41, 5.74) is 1.49. The highest BCUT2D eigenvalue weighted by atomic mass is 35.5. The topological polar surface area (TPSA) is 12.0 Å². The van der Waals surface area contributed by atoms with E-state index < -0.39 is 0 Å². The van der Waals surface area contributed by atoms with Crippen LogP contribution in [0.4, 0.5) is 0 Å². The van der Waals surface area contributed by atoms with Crippen LogP contribution in [0.15, 0.2) is 18.2 Å². The third-order valence-electron chi connectivity index (χ3n) is 4.17. The maximum absolute atomic E-state index is 6.30. The molecule has 0 radical (unpaired) electrons. The summed E-state index contributed by atoms with van der Waals surface area (Å²) in [6.45, 7) is 1.15. The molecule has 1 atom stereocenters. The predicted octanol–water partition coefficient (Wildman–Crippen LogP) is 4.07. The van der Waals surface area contributed by atoms with Crippen molar-refractivity contribution in [3.63, 3.8) is 0 Å². The zero-order valence-electron chi connectivity index (χ0n) is 9.81. The third-order valence-corrected chi connectivity index (χ3v) is 5.03. The van der Waals surface area contributed by atoms with Crippen molar-refractivity contribution in [1.82, 2.24) is 5.32 Å². The SMILES string of the molecule is Clc1cccc(CC2(C3CC3)CCCN2)c1Cl. The fourth-order valence-electron chi connectivity index (χ4n) is 3.13. The highest BCUT2D eigenvalue weighted by Gasteiger charge is 2.46. The van der Waals surface area contributed by atoms with Crippen molar-refractivity contribution in [2.45, 2.75) is 37.6 Å². The van der Waals surface area contributed by atoms with Crippen LogP contribution in [0.2, 0.25) is 10.0 Å². The molecule has 17 heavy (non-hydrogen) atoms. The molecule has 1 nitrogen and oxygen atoms in total. The molecule has 1 heterocycles. The van der Waals surface area contributed by atoms with Crippen molar-refractivity contribution in [3.05, 3.63) is 33.8 Å². The van der Waals surface area contributed by atoms with Gasteiger partial charge in [-0.15, -0.1) is 0 Å². The Labute approximate surface area is 112 Å². The highest BCUT2D eigenvalue weighted by molar-refractivity contribution is 6.42. The average molecular weight is 270 g/mol. The first kappa shape index (κ1) is 11.8. The minimum Gasteiger partial charge on any atom is -0.311 e. The van der Waals surface area contributed by atoms with E-state index in [9.17, 15) is 0 Å². The lowest BCUT2D eigenvalue weighted by Gasteiger charge is -2.30. The number of hydrogen-bond acceptors (Lipinski definition) is 1. The summed E-state index contributed by atoms with van der Waals surface area (Å²) in [7, 11) is 0. The van der Waals surface area contributed by atoms with Crippen LogP contribution in [0.3, 0.4) is 0 Å². The number of halogens is 2. The van der Waals surface area contributed by atoms with Crippen LogP contribution in [0.25, 0.3) is 0 Å². The number of rotatable bonds is 3. The van der Waals surface area contributed by atoms with E-state index in [1.165, 1.54) is 31.2 Å². The molecule has 92 valence electrons. The van der Waals surface area contributed by atoms with Crippen LogP contribution in [0, 0.1) is 5.92 Å². The van der Waals surface area contributed by atoms with Gasteiger partial charge in [0, 0.05) is 5.54 Å². The Bertz CT molecular complexity index is 420. The van der Waals surface area contributed by atoms with Crippen LogP contribution in [-0.2, 0) is 6.42 Å². The van der Waals surface area contributed by atoms with E-state index in [1.54, 1.807) is 0 Å². The van der Waals surface area contributed by atoms with Crippen molar-refractivity contribution >= 4 is 23.2 Å². The Balaban J connectivity index is 1.87. The molecule has 0 bridgehead atoms. The molecule has 1 N–H and O–H groups in total. The van der Waals surface area contributed by atoms with E-state index in [-0.39, 0.29) is 0 Å². The van der Waals surface area contributed by atoms with Gasteiger partial charge in [-0.25, -0.2) is 0 Å². The molecule has 3 heteroatoms. The molecule has 2 aliphatic rings. The molecule has 3 rings (SSSR count). The summed E-state index contributed by atoms with van der Waals surface area (Å²) >= 11 is 12.4. The maximum Gasteiger partial charge on any atom is 0.0624 e. The molecule has 0 spiro atoms. The summed E-state index contributed by atoms with van der Waals surface area (Å²) in [5, 5.41) is 5.14. The van der Waals surface area contributed by atoms with Gasteiger partial charge in [0.2, 0.25) is 0 Å². The van der Waals surface area contributed by atoms with Gasteiger partial charge in [0.25, 0.3) is 0 Å². The van der Waals surface area contributed by atoms with Crippen LogP contribution < -0.4 is 5.32 Å². The first-order chi connectivity index (χ1) is 8.21. The Morgan fingerprint density at radius 2 is 2.12 bits per heavy atom. The largest absolute Gasteiger partial charge is 0.311 e.